The second-order valence-corrected chi connectivity index (χ2v) is 7.20. The van der Waals surface area contributed by atoms with E-state index in [1.54, 1.807) is 11.8 Å². The van der Waals surface area contributed by atoms with Gasteiger partial charge in [-0.3, -0.25) is 4.79 Å². The van der Waals surface area contributed by atoms with Gasteiger partial charge in [0.25, 0.3) is 5.91 Å². The maximum atomic E-state index is 12.6. The Hall–Kier alpha value is -1.49. The molecule has 25 heavy (non-hydrogen) atoms. The molecule has 0 atom stereocenters. The topological polar surface area (TPSA) is 32.3 Å². The summed E-state index contributed by atoms with van der Waals surface area (Å²) in [5.74, 6) is 1.11. The van der Waals surface area contributed by atoms with E-state index in [0.717, 1.165) is 37.2 Å². The molecule has 5 heteroatoms. The van der Waals surface area contributed by atoms with Gasteiger partial charge in [-0.2, -0.15) is 0 Å². The SMILES string of the molecule is CNC1CCN(C(=O)c2ccc(SCc3ccccc3)cc2)CC1.Cl. The molecule has 1 heterocycles. The van der Waals surface area contributed by atoms with E-state index in [1.807, 2.05) is 30.1 Å². The fourth-order valence-corrected chi connectivity index (χ4v) is 3.84. The molecule has 1 amide bonds. The summed E-state index contributed by atoms with van der Waals surface area (Å²) in [6, 6.07) is 19.0. The number of hydrogen-bond donors (Lipinski definition) is 1. The van der Waals surface area contributed by atoms with Crippen LogP contribution in [0.15, 0.2) is 59.5 Å². The first-order valence-electron chi connectivity index (χ1n) is 8.49. The molecule has 134 valence electrons. The molecule has 3 nitrogen and oxygen atoms in total. The van der Waals surface area contributed by atoms with Crippen LogP contribution in [0.3, 0.4) is 0 Å². The summed E-state index contributed by atoms with van der Waals surface area (Å²) < 4.78 is 0. The van der Waals surface area contributed by atoms with Crippen molar-refractivity contribution in [2.75, 3.05) is 20.1 Å². The van der Waals surface area contributed by atoms with Gasteiger partial charge in [-0.15, -0.1) is 24.2 Å². The van der Waals surface area contributed by atoms with E-state index in [-0.39, 0.29) is 18.3 Å². The number of nitrogens with one attached hydrogen (secondary N) is 1. The number of hydrogen-bond acceptors (Lipinski definition) is 3. The highest BCUT2D eigenvalue weighted by Gasteiger charge is 2.22. The first-order chi connectivity index (χ1) is 11.8. The van der Waals surface area contributed by atoms with E-state index in [0.29, 0.717) is 6.04 Å². The molecule has 1 N–H and O–H groups in total. The third-order valence-electron chi connectivity index (χ3n) is 4.54. The molecule has 1 aliphatic heterocycles. The minimum absolute atomic E-state index is 0. The normalized spacial score (nSPS) is 14.8. The first kappa shape index (κ1) is 19.8. The van der Waals surface area contributed by atoms with E-state index in [1.165, 1.54) is 10.5 Å². The Labute approximate surface area is 160 Å². The Balaban J connectivity index is 0.00000225. The number of benzene rings is 2. The van der Waals surface area contributed by atoms with Gasteiger partial charge in [0.1, 0.15) is 0 Å². The van der Waals surface area contributed by atoms with Gasteiger partial charge < -0.3 is 10.2 Å². The molecule has 0 spiro atoms. The van der Waals surface area contributed by atoms with Crippen LogP contribution in [-0.2, 0) is 5.75 Å². The van der Waals surface area contributed by atoms with E-state index < -0.39 is 0 Å². The van der Waals surface area contributed by atoms with Gasteiger partial charge in [-0.05, 0) is 49.7 Å². The zero-order chi connectivity index (χ0) is 16.8. The number of nitrogens with zero attached hydrogens (tertiary/aromatic N) is 1. The molecule has 2 aromatic carbocycles. The Morgan fingerprint density at radius 1 is 1.08 bits per heavy atom. The maximum absolute atomic E-state index is 12.6. The standard InChI is InChI=1S/C20H24N2OS.ClH/c1-21-18-11-13-22(14-12-18)20(23)17-7-9-19(10-8-17)24-15-16-5-3-2-4-6-16;/h2-10,18,21H,11-15H2,1H3;1H. The number of thioether (sulfide) groups is 1. The fourth-order valence-electron chi connectivity index (χ4n) is 2.99. The molecule has 0 saturated carbocycles. The Kier molecular flexibility index (Phi) is 7.82. The highest BCUT2D eigenvalue weighted by atomic mass is 35.5. The average molecular weight is 377 g/mol. The summed E-state index contributed by atoms with van der Waals surface area (Å²) in [6.07, 6.45) is 2.07. The molecule has 1 aliphatic rings. The number of carbonyl (C=O) groups excluding carboxylic acids is 1. The van der Waals surface area contributed by atoms with Crippen molar-refractivity contribution >= 4 is 30.1 Å². The molecule has 0 radical (unpaired) electrons. The molecule has 1 saturated heterocycles. The van der Waals surface area contributed by atoms with Gasteiger partial charge >= 0.3 is 0 Å². The van der Waals surface area contributed by atoms with Crippen molar-refractivity contribution < 1.29 is 4.79 Å². The molecule has 1 fully saturated rings. The summed E-state index contributed by atoms with van der Waals surface area (Å²) in [5, 5.41) is 3.30. The van der Waals surface area contributed by atoms with Crippen molar-refractivity contribution in [1.29, 1.82) is 0 Å². The van der Waals surface area contributed by atoms with Gasteiger partial charge in [-0.1, -0.05) is 30.3 Å². The molecular formula is C20H25ClN2OS. The minimum Gasteiger partial charge on any atom is -0.339 e. The predicted octanol–water partition coefficient (Wildman–Crippen LogP) is 4.22. The largest absolute Gasteiger partial charge is 0.339 e. The quantitative estimate of drug-likeness (QED) is 0.793. The fraction of sp³-hybridized carbons (Fsp3) is 0.350. The smallest absolute Gasteiger partial charge is 0.253 e. The van der Waals surface area contributed by atoms with Crippen LogP contribution in [0.2, 0.25) is 0 Å². The van der Waals surface area contributed by atoms with Gasteiger partial charge in [0.2, 0.25) is 0 Å². The molecule has 3 rings (SSSR count). The van der Waals surface area contributed by atoms with Crippen LogP contribution < -0.4 is 5.32 Å². The monoisotopic (exact) mass is 376 g/mol. The Bertz CT molecular complexity index is 655. The summed E-state index contributed by atoms with van der Waals surface area (Å²) in [7, 11) is 1.99. The molecule has 0 unspecified atom stereocenters. The minimum atomic E-state index is 0. The number of carbonyl (C=O) groups is 1. The maximum Gasteiger partial charge on any atom is 0.253 e. The predicted molar refractivity (Wildman–Crippen MR) is 108 cm³/mol. The lowest BCUT2D eigenvalue weighted by molar-refractivity contribution is 0.0707. The zero-order valence-electron chi connectivity index (χ0n) is 14.5. The number of amides is 1. The zero-order valence-corrected chi connectivity index (χ0v) is 16.1. The van der Waals surface area contributed by atoms with Crippen molar-refractivity contribution in [2.45, 2.75) is 29.5 Å². The molecule has 0 aliphatic carbocycles. The van der Waals surface area contributed by atoms with Crippen LogP contribution >= 0.6 is 24.2 Å². The van der Waals surface area contributed by atoms with Gasteiger partial charge in [0.15, 0.2) is 0 Å². The number of halogens is 1. The van der Waals surface area contributed by atoms with Crippen LogP contribution in [0, 0.1) is 0 Å². The van der Waals surface area contributed by atoms with E-state index in [2.05, 4.69) is 41.7 Å². The van der Waals surface area contributed by atoms with E-state index >= 15 is 0 Å². The molecular weight excluding hydrogens is 352 g/mol. The van der Waals surface area contributed by atoms with Crippen molar-refractivity contribution in [3.63, 3.8) is 0 Å². The van der Waals surface area contributed by atoms with E-state index in [4.69, 9.17) is 0 Å². The first-order valence-corrected chi connectivity index (χ1v) is 9.48. The highest BCUT2D eigenvalue weighted by molar-refractivity contribution is 7.98. The second kappa shape index (κ2) is 9.85. The number of piperidine rings is 1. The van der Waals surface area contributed by atoms with Crippen LogP contribution in [-0.4, -0.2) is 37.0 Å². The van der Waals surface area contributed by atoms with Crippen LogP contribution in [0.4, 0.5) is 0 Å². The average Bonchev–Trinajstić information content (AvgIpc) is 2.67. The summed E-state index contributed by atoms with van der Waals surface area (Å²) in [5.41, 5.74) is 2.11. The van der Waals surface area contributed by atoms with Crippen LogP contribution in [0.1, 0.15) is 28.8 Å². The molecule has 2 aromatic rings. The Morgan fingerprint density at radius 2 is 1.72 bits per heavy atom. The summed E-state index contributed by atoms with van der Waals surface area (Å²) in [4.78, 5) is 15.8. The third kappa shape index (κ3) is 5.50. The van der Waals surface area contributed by atoms with Crippen LogP contribution in [0.5, 0.6) is 0 Å². The highest BCUT2D eigenvalue weighted by Crippen LogP contribution is 2.23. The summed E-state index contributed by atoms with van der Waals surface area (Å²) in [6.45, 7) is 1.68. The van der Waals surface area contributed by atoms with Crippen molar-refractivity contribution in [1.82, 2.24) is 10.2 Å². The van der Waals surface area contributed by atoms with Crippen molar-refractivity contribution in [2.24, 2.45) is 0 Å². The molecule has 0 aromatic heterocycles. The number of rotatable bonds is 5. The number of likely N-dealkylation sites (tertiary alicyclic amines) is 1. The Morgan fingerprint density at radius 3 is 2.32 bits per heavy atom. The summed E-state index contributed by atoms with van der Waals surface area (Å²) >= 11 is 1.80. The lowest BCUT2D eigenvalue weighted by atomic mass is 10.0. The third-order valence-corrected chi connectivity index (χ3v) is 5.62. The van der Waals surface area contributed by atoms with E-state index in [9.17, 15) is 4.79 Å². The van der Waals surface area contributed by atoms with Gasteiger partial charge in [0, 0.05) is 35.3 Å². The van der Waals surface area contributed by atoms with Gasteiger partial charge in [-0.25, -0.2) is 0 Å². The van der Waals surface area contributed by atoms with Crippen LogP contribution in [0.25, 0.3) is 0 Å². The second-order valence-electron chi connectivity index (χ2n) is 6.15. The van der Waals surface area contributed by atoms with Gasteiger partial charge in [0.05, 0.1) is 0 Å². The lowest BCUT2D eigenvalue weighted by Gasteiger charge is -2.31. The van der Waals surface area contributed by atoms with Crippen molar-refractivity contribution in [3.8, 4) is 0 Å². The lowest BCUT2D eigenvalue weighted by Crippen LogP contribution is -2.43. The van der Waals surface area contributed by atoms with Crippen molar-refractivity contribution in [3.05, 3.63) is 65.7 Å². The molecule has 0 bridgehead atoms.